The number of hydrogen-bond acceptors (Lipinski definition) is 5. The largest absolute Gasteiger partial charge is 0.456 e. The molecule has 5 nitrogen and oxygen atoms in total. The Hall–Kier alpha value is -6.43. The van der Waals surface area contributed by atoms with Crippen LogP contribution in [-0.2, 0) is 0 Å². The normalized spacial score (nSPS) is 18.9. The van der Waals surface area contributed by atoms with E-state index in [9.17, 15) is 0 Å². The number of fused-ring (bicyclic) bond motifs is 7. The van der Waals surface area contributed by atoms with Gasteiger partial charge in [-0.2, -0.15) is 0 Å². The fourth-order valence-corrected chi connectivity index (χ4v) is 8.42. The number of aliphatic imine (C=N–C) groups is 1. The minimum atomic E-state index is -0.261. The predicted octanol–water partition coefficient (Wildman–Crippen LogP) is 10.4. The van der Waals surface area contributed by atoms with Gasteiger partial charge in [0.1, 0.15) is 35.6 Å². The second kappa shape index (κ2) is 11.0. The zero-order valence-corrected chi connectivity index (χ0v) is 27.6. The molecule has 3 unspecified atom stereocenters. The molecule has 7 aromatic carbocycles. The van der Waals surface area contributed by atoms with Crippen molar-refractivity contribution in [3.05, 3.63) is 186 Å². The molecule has 5 heteroatoms. The lowest BCUT2D eigenvalue weighted by Gasteiger charge is -2.36. The Labute approximate surface area is 295 Å². The Kier molecular flexibility index (Phi) is 6.15. The molecule has 8 aromatic rings. The van der Waals surface area contributed by atoms with Gasteiger partial charge < -0.3 is 15.1 Å². The summed E-state index contributed by atoms with van der Waals surface area (Å²) in [6, 6.07) is 53.7. The van der Waals surface area contributed by atoms with Crippen LogP contribution in [0.25, 0.3) is 60.3 Å². The Morgan fingerprint density at radius 2 is 1.25 bits per heavy atom. The van der Waals surface area contributed by atoms with Crippen LogP contribution >= 0.6 is 0 Å². The summed E-state index contributed by atoms with van der Waals surface area (Å²) in [4.78, 5) is 5.41. The summed E-state index contributed by atoms with van der Waals surface area (Å²) >= 11 is 0. The lowest BCUT2D eigenvalue weighted by atomic mass is 9.88. The summed E-state index contributed by atoms with van der Waals surface area (Å²) in [5.74, 6) is 1.73. The van der Waals surface area contributed by atoms with Gasteiger partial charge in [0.15, 0.2) is 0 Å². The van der Waals surface area contributed by atoms with Gasteiger partial charge in [-0.05, 0) is 72.6 Å². The molecule has 11 rings (SSSR count). The summed E-state index contributed by atoms with van der Waals surface area (Å²) in [6.45, 7) is 0. The Bertz CT molecular complexity index is 2730. The third-order valence-electron chi connectivity index (χ3n) is 10.8. The number of nitrogens with one attached hydrogen (secondary N) is 3. The second-order valence-electron chi connectivity index (χ2n) is 13.6. The molecular formula is C46H32N4O. The standard InChI is InChI=1S/C46H32N4O/c1-2-12-28(13-3-1)44-48-45(30-22-21-27-11-4-5-14-29(27)25-30)50-46(49-44)42-41-37-17-8-9-20-39(37)51-43(41)38(26-47-42)33-23-24-36-32-16-7-6-15-31(32)34-18-10-19-35(33)40(34)36/h1-26,42,44-45,47-48H,(H,49,50). The van der Waals surface area contributed by atoms with Gasteiger partial charge in [0.05, 0.1) is 0 Å². The molecule has 242 valence electrons. The number of hydrogen-bond donors (Lipinski definition) is 3. The number of benzene rings is 7. The van der Waals surface area contributed by atoms with E-state index in [-0.39, 0.29) is 18.4 Å². The summed E-state index contributed by atoms with van der Waals surface area (Å²) < 4.78 is 6.83. The highest BCUT2D eigenvalue weighted by Crippen LogP contribution is 2.50. The Morgan fingerprint density at radius 3 is 2.14 bits per heavy atom. The maximum atomic E-state index is 6.83. The van der Waals surface area contributed by atoms with Gasteiger partial charge in [0, 0.05) is 22.7 Å². The summed E-state index contributed by atoms with van der Waals surface area (Å²) in [7, 11) is 0. The van der Waals surface area contributed by atoms with Gasteiger partial charge in [-0.1, -0.05) is 140 Å². The van der Waals surface area contributed by atoms with Crippen molar-refractivity contribution < 1.29 is 4.42 Å². The topological polar surface area (TPSA) is 61.6 Å². The number of rotatable bonds is 4. The Morgan fingerprint density at radius 1 is 0.549 bits per heavy atom. The minimum absolute atomic E-state index is 0.151. The van der Waals surface area contributed by atoms with Crippen LogP contribution in [0.3, 0.4) is 0 Å². The lowest BCUT2D eigenvalue weighted by Crippen LogP contribution is -2.49. The zero-order chi connectivity index (χ0) is 33.5. The maximum Gasteiger partial charge on any atom is 0.143 e. The third kappa shape index (κ3) is 4.35. The molecule has 0 radical (unpaired) electrons. The average Bonchev–Trinajstić information content (AvgIpc) is 3.75. The molecule has 0 saturated carbocycles. The lowest BCUT2D eigenvalue weighted by molar-refractivity contribution is 0.399. The van der Waals surface area contributed by atoms with Gasteiger partial charge in [-0.15, -0.1) is 0 Å². The molecule has 0 saturated heterocycles. The molecule has 0 amide bonds. The summed E-state index contributed by atoms with van der Waals surface area (Å²) in [6.07, 6.45) is 1.72. The maximum absolute atomic E-state index is 6.83. The van der Waals surface area contributed by atoms with Crippen LogP contribution in [0, 0.1) is 0 Å². The first kappa shape index (κ1) is 28.4. The van der Waals surface area contributed by atoms with E-state index in [1.165, 1.54) is 43.8 Å². The first-order valence-electron chi connectivity index (χ1n) is 17.6. The second-order valence-corrected chi connectivity index (χ2v) is 13.6. The molecule has 0 spiro atoms. The van der Waals surface area contributed by atoms with Crippen LogP contribution in [0.15, 0.2) is 167 Å². The van der Waals surface area contributed by atoms with Gasteiger partial charge >= 0.3 is 0 Å². The predicted molar refractivity (Wildman–Crippen MR) is 207 cm³/mol. The zero-order valence-electron chi connectivity index (χ0n) is 27.6. The van der Waals surface area contributed by atoms with Crippen molar-refractivity contribution in [2.45, 2.75) is 18.4 Å². The van der Waals surface area contributed by atoms with Crippen molar-refractivity contribution in [1.29, 1.82) is 0 Å². The molecule has 2 aliphatic heterocycles. The van der Waals surface area contributed by atoms with E-state index in [4.69, 9.17) is 9.41 Å². The monoisotopic (exact) mass is 656 g/mol. The highest BCUT2D eigenvalue weighted by Gasteiger charge is 2.36. The van der Waals surface area contributed by atoms with Crippen LogP contribution in [-0.4, -0.2) is 5.84 Å². The SMILES string of the molecule is C1=C(c2ccc3c4c(cccc24)-c2ccccc2-3)c2oc3ccccc3c2C(C2=NC(c3ccc4ccccc4c3)NC(c3ccccc3)N2)N1. The Balaban J connectivity index is 1.07. The quantitative estimate of drug-likeness (QED) is 0.176. The molecule has 1 aliphatic carbocycles. The van der Waals surface area contributed by atoms with E-state index < -0.39 is 0 Å². The van der Waals surface area contributed by atoms with Gasteiger partial charge in [-0.3, -0.25) is 5.32 Å². The highest BCUT2D eigenvalue weighted by molar-refractivity contribution is 6.18. The fraction of sp³-hybridized carbons (Fsp3) is 0.0652. The molecule has 3 aliphatic rings. The van der Waals surface area contributed by atoms with Crippen molar-refractivity contribution in [1.82, 2.24) is 16.0 Å². The van der Waals surface area contributed by atoms with Gasteiger partial charge in [0.2, 0.25) is 0 Å². The van der Waals surface area contributed by atoms with E-state index >= 15 is 0 Å². The fourth-order valence-electron chi connectivity index (χ4n) is 8.42. The van der Waals surface area contributed by atoms with Crippen LogP contribution in [0.5, 0.6) is 0 Å². The minimum Gasteiger partial charge on any atom is -0.456 e. The van der Waals surface area contributed by atoms with Crippen molar-refractivity contribution in [3.63, 3.8) is 0 Å². The molecule has 51 heavy (non-hydrogen) atoms. The smallest absolute Gasteiger partial charge is 0.143 e. The first-order chi connectivity index (χ1) is 25.3. The molecule has 3 N–H and O–H groups in total. The van der Waals surface area contributed by atoms with Crippen LogP contribution in [0.4, 0.5) is 0 Å². The molecule has 3 heterocycles. The van der Waals surface area contributed by atoms with E-state index in [0.29, 0.717) is 0 Å². The van der Waals surface area contributed by atoms with Crippen LogP contribution in [0.2, 0.25) is 0 Å². The van der Waals surface area contributed by atoms with Crippen molar-refractivity contribution in [2.24, 2.45) is 4.99 Å². The molecular weight excluding hydrogens is 625 g/mol. The van der Waals surface area contributed by atoms with Crippen molar-refractivity contribution in [2.75, 3.05) is 0 Å². The molecule has 1 aromatic heterocycles. The number of amidine groups is 1. The summed E-state index contributed by atoms with van der Waals surface area (Å²) in [5.41, 5.74) is 11.6. The van der Waals surface area contributed by atoms with Crippen molar-refractivity contribution in [3.8, 4) is 22.3 Å². The highest BCUT2D eigenvalue weighted by atomic mass is 16.3. The summed E-state index contributed by atoms with van der Waals surface area (Å²) in [5, 5.41) is 17.4. The van der Waals surface area contributed by atoms with Gasteiger partial charge in [-0.25, -0.2) is 4.99 Å². The van der Waals surface area contributed by atoms with E-state index in [2.05, 4.69) is 168 Å². The van der Waals surface area contributed by atoms with E-state index in [1.807, 2.05) is 6.07 Å². The van der Waals surface area contributed by atoms with E-state index in [1.54, 1.807) is 0 Å². The van der Waals surface area contributed by atoms with E-state index in [0.717, 1.165) is 50.4 Å². The van der Waals surface area contributed by atoms with Gasteiger partial charge in [0.25, 0.3) is 0 Å². The number of furan rings is 1. The molecule has 0 fully saturated rings. The molecule has 0 bridgehead atoms. The number of nitrogens with zero attached hydrogens (tertiary/aromatic N) is 1. The number of para-hydroxylation sites is 1. The first-order valence-corrected chi connectivity index (χ1v) is 17.6. The third-order valence-corrected chi connectivity index (χ3v) is 10.8. The van der Waals surface area contributed by atoms with Crippen LogP contribution < -0.4 is 16.0 Å². The van der Waals surface area contributed by atoms with Crippen molar-refractivity contribution >= 4 is 43.9 Å². The average molecular weight is 657 g/mol. The molecule has 3 atom stereocenters. The van der Waals surface area contributed by atoms with Crippen LogP contribution in [0.1, 0.15) is 46.4 Å².